The van der Waals surface area contributed by atoms with Crippen molar-refractivity contribution in [3.8, 4) is 5.75 Å². The zero-order valence-corrected chi connectivity index (χ0v) is 15.9. The number of anilines is 1. The summed E-state index contributed by atoms with van der Waals surface area (Å²) in [6, 6.07) is 11.2. The van der Waals surface area contributed by atoms with Crippen molar-refractivity contribution in [2.75, 3.05) is 11.9 Å². The van der Waals surface area contributed by atoms with Crippen molar-refractivity contribution in [3.63, 3.8) is 0 Å². The number of phenolic OH excluding ortho intramolecular Hbond substituents is 1. The Labute approximate surface area is 163 Å². The Kier molecular flexibility index (Phi) is 5.27. The predicted octanol–water partition coefficient (Wildman–Crippen LogP) is 2.99. The summed E-state index contributed by atoms with van der Waals surface area (Å²) in [7, 11) is 0. The summed E-state index contributed by atoms with van der Waals surface area (Å²) >= 11 is 3.19. The highest BCUT2D eigenvalue weighted by Crippen LogP contribution is 2.25. The SMILES string of the molecule is Cc1ccc(NC(=O)CN2C(=O)NC(=Cc3ccc(O)c(Br)c3)C2=O)cc1. The van der Waals surface area contributed by atoms with Gasteiger partial charge in [-0.15, -0.1) is 0 Å². The normalized spacial score (nSPS) is 15.2. The number of rotatable bonds is 4. The van der Waals surface area contributed by atoms with Gasteiger partial charge in [-0.3, -0.25) is 9.59 Å². The molecule has 7 nitrogen and oxygen atoms in total. The molecule has 0 saturated carbocycles. The van der Waals surface area contributed by atoms with Crippen LogP contribution in [0.2, 0.25) is 0 Å². The minimum absolute atomic E-state index is 0.0562. The Morgan fingerprint density at radius 2 is 1.93 bits per heavy atom. The standard InChI is InChI=1S/C19H16BrN3O4/c1-11-2-5-13(6-3-11)21-17(25)10-23-18(26)15(22-19(23)27)9-12-4-7-16(24)14(20)8-12/h2-9,24H,10H2,1H3,(H,21,25)(H,22,27). The van der Waals surface area contributed by atoms with Crippen LogP contribution < -0.4 is 10.6 Å². The van der Waals surface area contributed by atoms with Crippen LogP contribution in [0.3, 0.4) is 0 Å². The van der Waals surface area contributed by atoms with Gasteiger partial charge < -0.3 is 15.7 Å². The molecule has 8 heteroatoms. The van der Waals surface area contributed by atoms with E-state index < -0.39 is 24.4 Å². The molecule has 0 atom stereocenters. The first-order chi connectivity index (χ1) is 12.8. The zero-order valence-electron chi connectivity index (χ0n) is 14.3. The number of nitrogens with one attached hydrogen (secondary N) is 2. The number of benzene rings is 2. The average molecular weight is 430 g/mol. The fraction of sp³-hybridized carbons (Fsp3) is 0.105. The number of nitrogens with zero attached hydrogens (tertiary/aromatic N) is 1. The Morgan fingerprint density at radius 1 is 1.22 bits per heavy atom. The molecule has 1 aliphatic rings. The molecule has 2 aromatic rings. The van der Waals surface area contributed by atoms with E-state index in [9.17, 15) is 19.5 Å². The Hall–Kier alpha value is -3.13. The number of imide groups is 1. The van der Waals surface area contributed by atoms with Gasteiger partial charge in [-0.1, -0.05) is 23.8 Å². The highest BCUT2D eigenvalue weighted by atomic mass is 79.9. The maximum atomic E-state index is 12.4. The summed E-state index contributed by atoms with van der Waals surface area (Å²) in [5.41, 5.74) is 2.30. The summed E-state index contributed by atoms with van der Waals surface area (Å²) in [5, 5.41) is 14.6. The van der Waals surface area contributed by atoms with Crippen LogP contribution >= 0.6 is 15.9 Å². The van der Waals surface area contributed by atoms with E-state index in [0.717, 1.165) is 10.5 Å². The lowest BCUT2D eigenvalue weighted by Crippen LogP contribution is -2.38. The molecule has 0 unspecified atom stereocenters. The smallest absolute Gasteiger partial charge is 0.329 e. The number of hydrogen-bond donors (Lipinski definition) is 3. The van der Waals surface area contributed by atoms with Crippen molar-refractivity contribution < 1.29 is 19.5 Å². The van der Waals surface area contributed by atoms with Gasteiger partial charge in [0.25, 0.3) is 5.91 Å². The van der Waals surface area contributed by atoms with Gasteiger partial charge in [0, 0.05) is 5.69 Å². The maximum Gasteiger partial charge on any atom is 0.329 e. The van der Waals surface area contributed by atoms with Crippen LogP contribution in [-0.2, 0) is 9.59 Å². The topological polar surface area (TPSA) is 98.7 Å². The van der Waals surface area contributed by atoms with Gasteiger partial charge >= 0.3 is 6.03 Å². The van der Waals surface area contributed by atoms with Crippen LogP contribution in [0.1, 0.15) is 11.1 Å². The Bertz CT molecular complexity index is 954. The summed E-state index contributed by atoms with van der Waals surface area (Å²) in [5.74, 6) is -1.01. The van der Waals surface area contributed by atoms with Crippen LogP contribution in [0.15, 0.2) is 52.6 Å². The van der Waals surface area contributed by atoms with Gasteiger partial charge in [0.2, 0.25) is 5.91 Å². The van der Waals surface area contributed by atoms with E-state index >= 15 is 0 Å². The third-order valence-corrected chi connectivity index (χ3v) is 4.52. The number of urea groups is 1. The van der Waals surface area contributed by atoms with Crippen molar-refractivity contribution in [2.24, 2.45) is 0 Å². The van der Waals surface area contributed by atoms with Gasteiger partial charge in [0.1, 0.15) is 18.0 Å². The fourth-order valence-corrected chi connectivity index (χ4v) is 2.87. The van der Waals surface area contributed by atoms with E-state index in [1.54, 1.807) is 24.3 Å². The molecule has 1 aliphatic heterocycles. The third-order valence-electron chi connectivity index (χ3n) is 3.88. The summed E-state index contributed by atoms with van der Waals surface area (Å²) < 4.78 is 0.461. The molecular formula is C19H16BrN3O4. The molecule has 0 radical (unpaired) electrons. The van der Waals surface area contributed by atoms with E-state index in [0.29, 0.717) is 15.7 Å². The van der Waals surface area contributed by atoms with E-state index in [4.69, 9.17) is 0 Å². The molecule has 27 heavy (non-hydrogen) atoms. The summed E-state index contributed by atoms with van der Waals surface area (Å²) in [6.07, 6.45) is 1.47. The van der Waals surface area contributed by atoms with Gasteiger partial charge in [-0.2, -0.15) is 0 Å². The second-order valence-corrected chi connectivity index (χ2v) is 6.86. The minimum Gasteiger partial charge on any atom is -0.507 e. The number of carbonyl (C=O) groups excluding carboxylic acids is 3. The quantitative estimate of drug-likeness (QED) is 0.513. The molecule has 3 N–H and O–H groups in total. The van der Waals surface area contributed by atoms with Crippen molar-refractivity contribution in [1.82, 2.24) is 10.2 Å². The summed E-state index contributed by atoms with van der Waals surface area (Å²) in [6.45, 7) is 1.54. The van der Waals surface area contributed by atoms with Gasteiger partial charge in [0.05, 0.1) is 4.47 Å². The lowest BCUT2D eigenvalue weighted by Gasteiger charge is -2.12. The zero-order chi connectivity index (χ0) is 19.6. The number of halogens is 1. The van der Waals surface area contributed by atoms with Crippen molar-refractivity contribution in [2.45, 2.75) is 6.92 Å². The molecule has 3 rings (SSSR count). The number of aromatic hydroxyl groups is 1. The first kappa shape index (κ1) is 18.7. The molecule has 0 aliphatic carbocycles. The molecular weight excluding hydrogens is 414 g/mol. The number of carbonyl (C=O) groups is 3. The van der Waals surface area contributed by atoms with Crippen LogP contribution in [0, 0.1) is 6.92 Å². The van der Waals surface area contributed by atoms with Crippen molar-refractivity contribution in [1.29, 1.82) is 0 Å². The first-order valence-corrected chi connectivity index (χ1v) is 8.82. The lowest BCUT2D eigenvalue weighted by molar-refractivity contribution is -0.127. The molecule has 2 aromatic carbocycles. The largest absolute Gasteiger partial charge is 0.507 e. The highest BCUT2D eigenvalue weighted by molar-refractivity contribution is 9.10. The minimum atomic E-state index is -0.664. The molecule has 0 aromatic heterocycles. The number of aryl methyl sites for hydroxylation is 1. The molecule has 4 amide bonds. The van der Waals surface area contributed by atoms with Crippen LogP contribution in [0.25, 0.3) is 6.08 Å². The van der Waals surface area contributed by atoms with Gasteiger partial charge in [0.15, 0.2) is 0 Å². The Balaban J connectivity index is 1.70. The number of hydrogen-bond acceptors (Lipinski definition) is 4. The van der Waals surface area contributed by atoms with Gasteiger partial charge in [-0.05, 0) is 58.8 Å². The van der Waals surface area contributed by atoms with Gasteiger partial charge in [-0.25, -0.2) is 9.69 Å². The summed E-state index contributed by atoms with van der Waals surface area (Å²) in [4.78, 5) is 37.5. The molecule has 1 saturated heterocycles. The highest BCUT2D eigenvalue weighted by Gasteiger charge is 2.34. The van der Waals surface area contributed by atoms with E-state index in [1.165, 1.54) is 12.1 Å². The second-order valence-electron chi connectivity index (χ2n) is 6.00. The second kappa shape index (κ2) is 7.63. The van der Waals surface area contributed by atoms with E-state index in [-0.39, 0.29) is 11.4 Å². The maximum absolute atomic E-state index is 12.4. The predicted molar refractivity (Wildman–Crippen MR) is 104 cm³/mol. The first-order valence-electron chi connectivity index (χ1n) is 8.03. The van der Waals surface area contributed by atoms with Crippen LogP contribution in [-0.4, -0.2) is 34.4 Å². The number of amides is 4. The Morgan fingerprint density at radius 3 is 2.59 bits per heavy atom. The average Bonchev–Trinajstić information content (AvgIpc) is 2.87. The van der Waals surface area contributed by atoms with E-state index in [2.05, 4.69) is 26.6 Å². The van der Waals surface area contributed by atoms with E-state index in [1.807, 2.05) is 19.1 Å². The molecule has 0 bridgehead atoms. The monoisotopic (exact) mass is 429 g/mol. The molecule has 138 valence electrons. The fourth-order valence-electron chi connectivity index (χ4n) is 2.48. The van der Waals surface area contributed by atoms with Crippen molar-refractivity contribution >= 4 is 45.5 Å². The van der Waals surface area contributed by atoms with Crippen molar-refractivity contribution in [3.05, 3.63) is 63.8 Å². The molecule has 0 spiro atoms. The van der Waals surface area contributed by atoms with Crippen LogP contribution in [0.5, 0.6) is 5.75 Å². The number of phenols is 1. The third kappa shape index (κ3) is 4.35. The van der Waals surface area contributed by atoms with Crippen LogP contribution in [0.4, 0.5) is 10.5 Å². The molecule has 1 heterocycles. The lowest BCUT2D eigenvalue weighted by atomic mass is 10.2. The molecule has 1 fully saturated rings.